The molecule has 1 amide bonds. The van der Waals surface area contributed by atoms with Gasteiger partial charge in [0.05, 0.1) is 5.75 Å². The number of hydrogen-bond donors (Lipinski definition) is 3. The normalized spacial score (nSPS) is 10.3. The maximum Gasteiger partial charge on any atom is 0.313 e. The molecule has 1 aromatic heterocycles. The molecular formula is C9H14N4O4S. The van der Waals surface area contributed by atoms with E-state index in [-0.39, 0.29) is 30.6 Å². The first-order chi connectivity index (χ1) is 8.58. The van der Waals surface area contributed by atoms with Crippen LogP contribution in [0, 0.1) is 0 Å². The number of aromatic nitrogens is 3. The van der Waals surface area contributed by atoms with E-state index in [2.05, 4.69) is 15.5 Å². The van der Waals surface area contributed by atoms with E-state index in [1.54, 1.807) is 6.92 Å². The number of thioether (sulfide) groups is 1. The Labute approximate surface area is 107 Å². The van der Waals surface area contributed by atoms with Crippen LogP contribution >= 0.6 is 11.8 Å². The zero-order valence-corrected chi connectivity index (χ0v) is 10.6. The van der Waals surface area contributed by atoms with Crippen LogP contribution in [0.4, 0.5) is 0 Å². The van der Waals surface area contributed by atoms with Crippen molar-refractivity contribution < 1.29 is 19.8 Å². The maximum absolute atomic E-state index is 11.5. The average Bonchev–Trinajstić information content (AvgIpc) is 2.69. The number of rotatable bonds is 7. The van der Waals surface area contributed by atoms with Gasteiger partial charge in [0.25, 0.3) is 0 Å². The number of aliphatic hydroxyl groups excluding tert-OH is 1. The predicted molar refractivity (Wildman–Crippen MR) is 63.0 cm³/mol. The van der Waals surface area contributed by atoms with Crippen LogP contribution in [0.2, 0.25) is 0 Å². The summed E-state index contributed by atoms with van der Waals surface area (Å²) in [6.07, 6.45) is 0. The number of carboxylic acids is 1. The molecule has 3 N–H and O–H groups in total. The summed E-state index contributed by atoms with van der Waals surface area (Å²) in [6.45, 7) is 1.88. The zero-order valence-electron chi connectivity index (χ0n) is 9.79. The van der Waals surface area contributed by atoms with Gasteiger partial charge in [-0.15, -0.1) is 10.2 Å². The van der Waals surface area contributed by atoms with Crippen LogP contribution in [0.1, 0.15) is 12.7 Å². The Kier molecular flexibility index (Phi) is 5.59. The molecule has 1 heterocycles. The first kappa shape index (κ1) is 14.5. The number of carbonyl (C=O) groups excluding carboxylic acids is 1. The third-order valence-electron chi connectivity index (χ3n) is 1.94. The first-order valence-corrected chi connectivity index (χ1v) is 6.21. The number of amides is 1. The molecule has 1 rings (SSSR count). The molecule has 0 radical (unpaired) electrons. The molecule has 0 bridgehead atoms. The Hall–Kier alpha value is -1.61. The predicted octanol–water partition coefficient (Wildman–Crippen LogP) is -0.917. The molecular weight excluding hydrogens is 260 g/mol. The fourth-order valence-electron chi connectivity index (χ4n) is 1.22. The summed E-state index contributed by atoms with van der Waals surface area (Å²) in [6, 6.07) is 0. The number of aliphatic carboxylic acids is 1. The Bertz CT molecular complexity index is 434. The largest absolute Gasteiger partial charge is 0.481 e. The zero-order chi connectivity index (χ0) is 13.5. The van der Waals surface area contributed by atoms with E-state index in [0.717, 1.165) is 11.8 Å². The van der Waals surface area contributed by atoms with E-state index >= 15 is 0 Å². The molecule has 0 fully saturated rings. The summed E-state index contributed by atoms with van der Waals surface area (Å²) in [7, 11) is 0. The van der Waals surface area contributed by atoms with Gasteiger partial charge in [0, 0.05) is 6.54 Å². The summed E-state index contributed by atoms with van der Waals surface area (Å²) in [5.74, 6) is -1.18. The quantitative estimate of drug-likeness (QED) is 0.550. The molecule has 0 atom stereocenters. The van der Waals surface area contributed by atoms with Gasteiger partial charge < -0.3 is 15.5 Å². The van der Waals surface area contributed by atoms with E-state index in [1.807, 2.05) is 0 Å². The van der Waals surface area contributed by atoms with E-state index in [1.165, 1.54) is 4.57 Å². The van der Waals surface area contributed by atoms with Gasteiger partial charge in [-0.2, -0.15) is 0 Å². The maximum atomic E-state index is 11.5. The fraction of sp³-hybridized carbons (Fsp3) is 0.556. The van der Waals surface area contributed by atoms with E-state index < -0.39 is 5.97 Å². The lowest BCUT2D eigenvalue weighted by atomic mass is 10.5. The summed E-state index contributed by atoms with van der Waals surface area (Å²) in [5.41, 5.74) is 0. The molecule has 0 aliphatic heterocycles. The molecule has 0 spiro atoms. The third-order valence-corrected chi connectivity index (χ3v) is 2.89. The Morgan fingerprint density at radius 2 is 2.17 bits per heavy atom. The van der Waals surface area contributed by atoms with Gasteiger partial charge in [0.15, 0.2) is 11.0 Å². The lowest BCUT2D eigenvalue weighted by molar-refractivity contribution is -0.133. The average molecular weight is 274 g/mol. The SMILES string of the molecule is CCNC(=O)Cn1c(CO)nnc1SCC(=O)O. The second-order valence-electron chi connectivity index (χ2n) is 3.28. The number of aliphatic hydroxyl groups is 1. The number of nitrogens with one attached hydrogen (secondary N) is 1. The number of likely N-dealkylation sites (N-methyl/N-ethyl adjacent to an activating group) is 1. The van der Waals surface area contributed by atoms with Crippen LogP contribution < -0.4 is 5.32 Å². The van der Waals surface area contributed by atoms with E-state index in [0.29, 0.717) is 11.7 Å². The highest BCUT2D eigenvalue weighted by molar-refractivity contribution is 7.99. The molecule has 0 saturated heterocycles. The number of nitrogens with zero attached hydrogens (tertiary/aromatic N) is 3. The molecule has 0 unspecified atom stereocenters. The second kappa shape index (κ2) is 6.97. The minimum atomic E-state index is -0.988. The van der Waals surface area contributed by atoms with Gasteiger partial charge in [-0.25, -0.2) is 0 Å². The van der Waals surface area contributed by atoms with Gasteiger partial charge in [-0.3, -0.25) is 14.2 Å². The summed E-state index contributed by atoms with van der Waals surface area (Å²) < 4.78 is 1.40. The molecule has 0 aliphatic rings. The lowest BCUT2D eigenvalue weighted by Gasteiger charge is -2.08. The van der Waals surface area contributed by atoms with Crippen molar-refractivity contribution in [3.8, 4) is 0 Å². The highest BCUT2D eigenvalue weighted by Crippen LogP contribution is 2.16. The van der Waals surface area contributed by atoms with E-state index in [4.69, 9.17) is 10.2 Å². The van der Waals surface area contributed by atoms with Crippen molar-refractivity contribution in [1.29, 1.82) is 0 Å². The summed E-state index contributed by atoms with van der Waals surface area (Å²) >= 11 is 0.950. The van der Waals surface area contributed by atoms with Crippen molar-refractivity contribution in [2.24, 2.45) is 0 Å². The Morgan fingerprint density at radius 3 is 2.72 bits per heavy atom. The standard InChI is InChI=1S/C9H14N4O4S/c1-2-10-7(15)3-13-6(4-14)11-12-9(13)18-5-8(16)17/h14H,2-5H2,1H3,(H,10,15)(H,16,17). The molecule has 0 aliphatic carbocycles. The lowest BCUT2D eigenvalue weighted by Crippen LogP contribution is -2.28. The topological polar surface area (TPSA) is 117 Å². The van der Waals surface area contributed by atoms with Crippen LogP contribution in [0.15, 0.2) is 5.16 Å². The summed E-state index contributed by atoms with van der Waals surface area (Å²) in [5, 5.41) is 28.0. The second-order valence-corrected chi connectivity index (χ2v) is 4.22. The van der Waals surface area contributed by atoms with Crippen molar-refractivity contribution >= 4 is 23.6 Å². The molecule has 8 nitrogen and oxygen atoms in total. The van der Waals surface area contributed by atoms with Crippen molar-refractivity contribution in [3.05, 3.63) is 5.82 Å². The van der Waals surface area contributed by atoms with Crippen molar-refractivity contribution in [1.82, 2.24) is 20.1 Å². The highest BCUT2D eigenvalue weighted by atomic mass is 32.2. The molecule has 0 aromatic carbocycles. The molecule has 18 heavy (non-hydrogen) atoms. The van der Waals surface area contributed by atoms with Crippen LogP contribution in [-0.2, 0) is 22.7 Å². The smallest absolute Gasteiger partial charge is 0.313 e. The van der Waals surface area contributed by atoms with Crippen molar-refractivity contribution in [2.45, 2.75) is 25.2 Å². The summed E-state index contributed by atoms with van der Waals surface area (Å²) in [4.78, 5) is 22.0. The van der Waals surface area contributed by atoms with Crippen LogP contribution in [0.25, 0.3) is 0 Å². The van der Waals surface area contributed by atoms with E-state index in [9.17, 15) is 9.59 Å². The third kappa shape index (κ3) is 4.00. The van der Waals surface area contributed by atoms with Crippen LogP contribution in [0.3, 0.4) is 0 Å². The molecule has 0 saturated carbocycles. The van der Waals surface area contributed by atoms with Crippen LogP contribution in [0.5, 0.6) is 0 Å². The Balaban J connectivity index is 2.81. The number of hydrogen-bond acceptors (Lipinski definition) is 6. The number of carbonyl (C=O) groups is 2. The molecule has 1 aromatic rings. The molecule has 9 heteroatoms. The molecule has 100 valence electrons. The van der Waals surface area contributed by atoms with Gasteiger partial charge in [0.1, 0.15) is 13.2 Å². The van der Waals surface area contributed by atoms with Crippen molar-refractivity contribution in [2.75, 3.05) is 12.3 Å². The van der Waals surface area contributed by atoms with Gasteiger partial charge >= 0.3 is 5.97 Å². The highest BCUT2D eigenvalue weighted by Gasteiger charge is 2.15. The number of carboxylic acid groups (broad SMARTS) is 1. The Morgan fingerprint density at radius 1 is 1.44 bits per heavy atom. The minimum absolute atomic E-state index is 0.0430. The van der Waals surface area contributed by atoms with Crippen molar-refractivity contribution in [3.63, 3.8) is 0 Å². The minimum Gasteiger partial charge on any atom is -0.481 e. The van der Waals surface area contributed by atoms with Gasteiger partial charge in [-0.05, 0) is 6.92 Å². The van der Waals surface area contributed by atoms with Crippen LogP contribution in [-0.4, -0.2) is 49.2 Å². The van der Waals surface area contributed by atoms with Gasteiger partial charge in [-0.1, -0.05) is 11.8 Å². The monoisotopic (exact) mass is 274 g/mol. The fourth-order valence-corrected chi connectivity index (χ4v) is 1.90. The van der Waals surface area contributed by atoms with Gasteiger partial charge in [0.2, 0.25) is 5.91 Å². The first-order valence-electron chi connectivity index (χ1n) is 5.22.